The van der Waals surface area contributed by atoms with Crippen LogP contribution in [0.5, 0.6) is 0 Å². The third kappa shape index (κ3) is 4.92. The first-order valence-corrected chi connectivity index (χ1v) is 7.46. The van der Waals surface area contributed by atoms with Gasteiger partial charge in [-0.2, -0.15) is 0 Å². The van der Waals surface area contributed by atoms with Gasteiger partial charge in [0.2, 0.25) is 0 Å². The van der Waals surface area contributed by atoms with Gasteiger partial charge in [-0.05, 0) is 50.5 Å². The number of alkyl carbamates (subject to hydrolysis) is 1. The van der Waals surface area contributed by atoms with Gasteiger partial charge < -0.3 is 10.1 Å². The van der Waals surface area contributed by atoms with Gasteiger partial charge in [0.05, 0.1) is 0 Å². The molecule has 1 N–H and O–H groups in total. The maximum Gasteiger partial charge on any atom is 0.407 e. The number of hydrogen-bond donors (Lipinski definition) is 1. The maximum atomic E-state index is 11.7. The first-order chi connectivity index (χ1) is 10.3. The van der Waals surface area contributed by atoms with Crippen molar-refractivity contribution in [2.24, 2.45) is 0 Å². The first kappa shape index (κ1) is 16.1. The third-order valence-corrected chi connectivity index (χ3v) is 3.15. The second-order valence-electron chi connectivity index (χ2n) is 6.42. The number of nitrogens with one attached hydrogen (secondary N) is 1. The number of benzene rings is 2. The average molecular weight is 297 g/mol. The zero-order chi connectivity index (χ0) is 16.2. The Hall–Kier alpha value is -2.29. The fourth-order valence-electron chi connectivity index (χ4n) is 2.10. The molecule has 0 saturated carbocycles. The minimum atomic E-state index is -0.478. The fraction of sp³-hybridized carbons (Fsp3) is 0.316. The van der Waals surface area contributed by atoms with Crippen molar-refractivity contribution in [2.45, 2.75) is 39.8 Å². The van der Waals surface area contributed by atoms with Crippen LogP contribution in [-0.4, -0.2) is 11.7 Å². The van der Waals surface area contributed by atoms with Crippen LogP contribution in [0.2, 0.25) is 0 Å². The number of aryl methyl sites for hydroxylation is 1. The molecule has 3 heteroatoms. The molecule has 0 fully saturated rings. The van der Waals surface area contributed by atoms with Gasteiger partial charge in [-0.15, -0.1) is 0 Å². The molecule has 0 atom stereocenters. The van der Waals surface area contributed by atoms with Gasteiger partial charge in [0, 0.05) is 6.54 Å². The highest BCUT2D eigenvalue weighted by Crippen LogP contribution is 2.21. The molecule has 0 aromatic heterocycles. The Balaban J connectivity index is 2.03. The van der Waals surface area contributed by atoms with Gasteiger partial charge in [0.15, 0.2) is 0 Å². The van der Waals surface area contributed by atoms with Crippen molar-refractivity contribution >= 4 is 6.09 Å². The Morgan fingerprint density at radius 1 is 1.05 bits per heavy atom. The van der Waals surface area contributed by atoms with Gasteiger partial charge in [0.25, 0.3) is 0 Å². The monoisotopic (exact) mass is 297 g/mol. The van der Waals surface area contributed by atoms with Gasteiger partial charge in [0.1, 0.15) is 5.60 Å². The lowest BCUT2D eigenvalue weighted by Crippen LogP contribution is -2.32. The van der Waals surface area contributed by atoms with Crippen LogP contribution >= 0.6 is 0 Å². The molecule has 2 aromatic carbocycles. The molecule has 0 aliphatic rings. The van der Waals surface area contributed by atoms with Crippen molar-refractivity contribution in [2.75, 3.05) is 0 Å². The molecule has 0 spiro atoms. The van der Waals surface area contributed by atoms with Gasteiger partial charge >= 0.3 is 6.09 Å². The normalized spacial score (nSPS) is 11.1. The summed E-state index contributed by atoms with van der Waals surface area (Å²) in [6, 6.07) is 16.6. The Morgan fingerprint density at radius 2 is 1.73 bits per heavy atom. The summed E-state index contributed by atoms with van der Waals surface area (Å²) < 4.78 is 5.24. The summed E-state index contributed by atoms with van der Waals surface area (Å²) in [6.07, 6.45) is -0.395. The van der Waals surface area contributed by atoms with Crippen LogP contribution in [0.3, 0.4) is 0 Å². The second-order valence-corrected chi connectivity index (χ2v) is 6.42. The highest BCUT2D eigenvalue weighted by Gasteiger charge is 2.15. The predicted octanol–water partition coefficient (Wildman–Crippen LogP) is 4.69. The topological polar surface area (TPSA) is 38.3 Å². The molecule has 1 amide bonds. The molecular weight excluding hydrogens is 274 g/mol. The molecule has 0 unspecified atom stereocenters. The lowest BCUT2D eigenvalue weighted by Gasteiger charge is -2.19. The number of ether oxygens (including phenoxy) is 1. The van der Waals surface area contributed by atoms with Crippen molar-refractivity contribution in [3.63, 3.8) is 0 Å². The van der Waals surface area contributed by atoms with Crippen molar-refractivity contribution in [1.29, 1.82) is 0 Å². The number of hydrogen-bond acceptors (Lipinski definition) is 2. The fourth-order valence-corrected chi connectivity index (χ4v) is 2.10. The number of rotatable bonds is 3. The number of amides is 1. The number of carbonyl (C=O) groups is 1. The zero-order valence-electron chi connectivity index (χ0n) is 13.6. The van der Waals surface area contributed by atoms with E-state index in [2.05, 4.69) is 48.6 Å². The average Bonchev–Trinajstić information content (AvgIpc) is 2.44. The van der Waals surface area contributed by atoms with Gasteiger partial charge in [-0.25, -0.2) is 4.79 Å². The van der Waals surface area contributed by atoms with Crippen LogP contribution in [-0.2, 0) is 11.3 Å². The molecule has 0 aliphatic carbocycles. The quantitative estimate of drug-likeness (QED) is 0.892. The molecule has 0 aliphatic heterocycles. The molecule has 0 bridgehead atoms. The third-order valence-electron chi connectivity index (χ3n) is 3.15. The molecular formula is C19H23NO2. The second kappa shape index (κ2) is 6.65. The Kier molecular flexibility index (Phi) is 4.86. The van der Waals surface area contributed by atoms with Crippen LogP contribution in [0.15, 0.2) is 48.5 Å². The highest BCUT2D eigenvalue weighted by molar-refractivity contribution is 5.68. The van der Waals surface area contributed by atoms with Crippen LogP contribution in [0.1, 0.15) is 31.9 Å². The summed E-state index contributed by atoms with van der Waals surface area (Å²) >= 11 is 0. The van der Waals surface area contributed by atoms with E-state index in [1.807, 2.05) is 32.9 Å². The van der Waals surface area contributed by atoms with E-state index in [4.69, 9.17) is 4.74 Å². The van der Waals surface area contributed by atoms with E-state index < -0.39 is 11.7 Å². The molecule has 2 rings (SSSR count). The minimum absolute atomic E-state index is 0.395. The number of carbonyl (C=O) groups excluding carboxylic acids is 1. The summed E-state index contributed by atoms with van der Waals surface area (Å²) in [5.41, 5.74) is 4.12. The van der Waals surface area contributed by atoms with Crippen LogP contribution in [0.25, 0.3) is 11.1 Å². The largest absolute Gasteiger partial charge is 0.444 e. The lowest BCUT2D eigenvalue weighted by molar-refractivity contribution is 0.0523. The maximum absolute atomic E-state index is 11.7. The standard InChI is InChI=1S/C19H23NO2/c1-14-8-10-16(11-9-14)17-7-5-6-15(12-17)13-20-18(21)22-19(2,3)4/h5-12H,13H2,1-4H3,(H,20,21). The van der Waals surface area contributed by atoms with Gasteiger partial charge in [-0.1, -0.05) is 48.0 Å². The summed E-state index contributed by atoms with van der Waals surface area (Å²) in [7, 11) is 0. The van der Waals surface area contributed by atoms with Crippen molar-refractivity contribution < 1.29 is 9.53 Å². The predicted molar refractivity (Wildman–Crippen MR) is 89.7 cm³/mol. The first-order valence-electron chi connectivity index (χ1n) is 7.46. The van der Waals surface area contributed by atoms with E-state index >= 15 is 0 Å². The molecule has 3 nitrogen and oxygen atoms in total. The molecule has 2 aromatic rings. The Bertz CT molecular complexity index is 639. The van der Waals surface area contributed by atoms with Crippen molar-refractivity contribution in [1.82, 2.24) is 5.32 Å². The van der Waals surface area contributed by atoms with Crippen LogP contribution in [0, 0.1) is 6.92 Å². The van der Waals surface area contributed by atoms with E-state index in [0.29, 0.717) is 6.54 Å². The summed E-state index contributed by atoms with van der Waals surface area (Å²) in [5, 5.41) is 2.78. The van der Waals surface area contributed by atoms with Crippen molar-refractivity contribution in [3.05, 3.63) is 59.7 Å². The summed E-state index contributed by atoms with van der Waals surface area (Å²) in [5.74, 6) is 0. The van der Waals surface area contributed by atoms with E-state index in [0.717, 1.165) is 11.1 Å². The van der Waals surface area contributed by atoms with Crippen LogP contribution < -0.4 is 5.32 Å². The van der Waals surface area contributed by atoms with E-state index in [9.17, 15) is 4.79 Å². The van der Waals surface area contributed by atoms with E-state index in [-0.39, 0.29) is 0 Å². The van der Waals surface area contributed by atoms with Crippen molar-refractivity contribution in [3.8, 4) is 11.1 Å². The van der Waals surface area contributed by atoms with E-state index in [1.54, 1.807) is 0 Å². The highest BCUT2D eigenvalue weighted by atomic mass is 16.6. The molecule has 0 radical (unpaired) electrons. The minimum Gasteiger partial charge on any atom is -0.444 e. The Labute approximate surface area is 132 Å². The zero-order valence-corrected chi connectivity index (χ0v) is 13.6. The molecule has 0 saturated heterocycles. The van der Waals surface area contributed by atoms with E-state index in [1.165, 1.54) is 11.1 Å². The Morgan fingerprint density at radius 3 is 2.36 bits per heavy atom. The SMILES string of the molecule is Cc1ccc(-c2cccc(CNC(=O)OC(C)(C)C)c2)cc1. The van der Waals surface area contributed by atoms with Gasteiger partial charge in [-0.3, -0.25) is 0 Å². The smallest absolute Gasteiger partial charge is 0.407 e. The molecule has 116 valence electrons. The summed E-state index contributed by atoms with van der Waals surface area (Å²) in [4.78, 5) is 11.7. The molecule has 22 heavy (non-hydrogen) atoms. The molecule has 0 heterocycles. The lowest BCUT2D eigenvalue weighted by atomic mass is 10.0. The summed E-state index contributed by atoms with van der Waals surface area (Å²) in [6.45, 7) is 8.08. The van der Waals surface area contributed by atoms with Crippen LogP contribution in [0.4, 0.5) is 4.79 Å².